The number of aliphatic imine (C=N–C) groups is 1. The first-order valence-corrected chi connectivity index (χ1v) is 38.3. The summed E-state index contributed by atoms with van der Waals surface area (Å²) in [5.74, 6) is -17.2. The Labute approximate surface area is 616 Å². The number of fused-ring (bicyclic) bond motifs is 8. The van der Waals surface area contributed by atoms with Crippen LogP contribution >= 0.6 is 21.6 Å². The van der Waals surface area contributed by atoms with Gasteiger partial charge in [-0.1, -0.05) is 92.5 Å². The Morgan fingerprint density at radius 1 is 0.533 bits per heavy atom. The number of unbranched alkanes of at least 4 members (excludes halogenated alkanes) is 1. The Morgan fingerprint density at radius 3 is 1.59 bits per heavy atom. The molecule has 5 heterocycles. The lowest BCUT2D eigenvalue weighted by molar-refractivity contribution is -0.149. The Morgan fingerprint density at radius 2 is 1.01 bits per heavy atom. The van der Waals surface area contributed by atoms with Gasteiger partial charge in [-0.15, -0.1) is 0 Å². The minimum absolute atomic E-state index is 0.00934. The fraction of sp³-hybridized carbons (Fsp3) is 0.672. The average Bonchev–Trinajstić information content (AvgIpc) is 1.68. The molecule has 0 aliphatic carbocycles. The molecular formula is C67H104N18O18S2. The zero-order chi connectivity index (χ0) is 77.2. The quantitative estimate of drug-likeness (QED) is 0.0282. The van der Waals surface area contributed by atoms with Gasteiger partial charge in [0.1, 0.15) is 78.5 Å². The van der Waals surface area contributed by atoms with Crippen LogP contribution in [-0.4, -0.2) is 267 Å². The fourth-order valence-electron chi connectivity index (χ4n) is 12.9. The van der Waals surface area contributed by atoms with Gasteiger partial charge in [-0.05, 0) is 101 Å². The highest BCUT2D eigenvalue weighted by atomic mass is 33.1. The number of carboxylic acid groups (broad SMARTS) is 1. The maximum atomic E-state index is 15.3. The summed E-state index contributed by atoms with van der Waals surface area (Å²) in [6.45, 7) is 6.22. The number of rotatable bonds is 18. The third kappa shape index (κ3) is 24.6. The first kappa shape index (κ1) is 85.1. The highest BCUT2D eigenvalue weighted by molar-refractivity contribution is 8.76. The van der Waals surface area contributed by atoms with Crippen LogP contribution in [-0.2, 0) is 78.3 Å². The summed E-state index contributed by atoms with van der Waals surface area (Å²) in [5.41, 5.74) is 17.5. The lowest BCUT2D eigenvalue weighted by Gasteiger charge is -2.35. The first-order chi connectivity index (χ1) is 50.0. The van der Waals surface area contributed by atoms with E-state index in [2.05, 4.69) is 63.5 Å². The van der Waals surface area contributed by atoms with Gasteiger partial charge in [0.15, 0.2) is 5.96 Å². The van der Waals surface area contributed by atoms with Crippen LogP contribution in [0, 0.1) is 11.8 Å². The van der Waals surface area contributed by atoms with Crippen molar-refractivity contribution in [1.82, 2.24) is 73.2 Å². The predicted molar refractivity (Wildman–Crippen MR) is 384 cm³/mol. The number of guanidine groups is 1. The molecule has 0 spiro atoms. The second-order valence-corrected chi connectivity index (χ2v) is 29.6. The van der Waals surface area contributed by atoms with Crippen molar-refractivity contribution in [3.63, 3.8) is 0 Å². The van der Waals surface area contributed by atoms with Crippen LogP contribution < -0.4 is 75.7 Å². The second-order valence-electron chi connectivity index (χ2n) is 27.0. The van der Waals surface area contributed by atoms with Crippen LogP contribution in [0.4, 0.5) is 0 Å². The van der Waals surface area contributed by atoms with Gasteiger partial charge in [-0.2, -0.15) is 0 Å². The number of amides is 14. The molecule has 2 bridgehead atoms. The molecule has 3 unspecified atom stereocenters. The molecule has 38 heteroatoms. The number of hydrogen-bond donors (Lipinski definition) is 17. The van der Waals surface area contributed by atoms with Gasteiger partial charge in [0.25, 0.3) is 0 Å². The van der Waals surface area contributed by atoms with E-state index in [4.69, 9.17) is 17.2 Å². The van der Waals surface area contributed by atoms with E-state index < -0.39 is 216 Å². The summed E-state index contributed by atoms with van der Waals surface area (Å²) in [7, 11) is 1.70. The van der Waals surface area contributed by atoms with Crippen molar-refractivity contribution in [2.24, 2.45) is 34.0 Å². The predicted octanol–water partition coefficient (Wildman–Crippen LogP) is -5.30. The highest BCUT2D eigenvalue weighted by Crippen LogP contribution is 2.29. The van der Waals surface area contributed by atoms with E-state index in [1.165, 1.54) is 14.7 Å². The molecule has 1 aromatic rings. The zero-order valence-electron chi connectivity index (χ0n) is 59.9. The number of aliphatic carboxylic acids is 1. The number of nitrogens with one attached hydrogen (secondary N) is 11. The lowest BCUT2D eigenvalue weighted by atomic mass is 9.96. The highest BCUT2D eigenvalue weighted by Gasteiger charge is 2.47. The van der Waals surface area contributed by atoms with Crippen LogP contribution in [0.25, 0.3) is 0 Å². The molecule has 20 N–H and O–H groups in total. The van der Waals surface area contributed by atoms with Crippen molar-refractivity contribution in [2.75, 3.05) is 57.4 Å². The molecule has 5 aliphatic heterocycles. The van der Waals surface area contributed by atoms with Gasteiger partial charge in [0.2, 0.25) is 82.7 Å². The molecule has 5 fully saturated rings. The number of nitrogens with zero attached hydrogens (tertiary/aromatic N) is 4. The van der Waals surface area contributed by atoms with Gasteiger partial charge in [0, 0.05) is 44.1 Å². The van der Waals surface area contributed by atoms with E-state index >= 15 is 14.4 Å². The molecule has 5 saturated heterocycles. The molecule has 0 radical (unpaired) electrons. The zero-order valence-corrected chi connectivity index (χ0v) is 61.5. The molecule has 5 aliphatic rings. The summed E-state index contributed by atoms with van der Waals surface area (Å²) in [5, 5.41) is 60.1. The van der Waals surface area contributed by atoms with Gasteiger partial charge >= 0.3 is 5.97 Å². The van der Waals surface area contributed by atoms with Gasteiger partial charge in [-0.3, -0.25) is 76.9 Å². The summed E-state index contributed by atoms with van der Waals surface area (Å²) in [6.07, 6.45) is -1.00. The first-order valence-electron chi connectivity index (χ1n) is 35.8. The minimum Gasteiger partial charge on any atom is -0.481 e. The average molecular weight is 1510 g/mol. The van der Waals surface area contributed by atoms with Crippen molar-refractivity contribution in [2.45, 2.75) is 216 Å². The molecule has 36 nitrogen and oxygen atoms in total. The topological polar surface area (TPSA) is 549 Å². The van der Waals surface area contributed by atoms with E-state index in [-0.39, 0.29) is 103 Å². The molecule has 6 rings (SSSR count). The third-order valence-electron chi connectivity index (χ3n) is 19.3. The van der Waals surface area contributed by atoms with Gasteiger partial charge in [0.05, 0.1) is 25.7 Å². The van der Waals surface area contributed by atoms with Crippen LogP contribution in [0.3, 0.4) is 0 Å². The van der Waals surface area contributed by atoms with Gasteiger partial charge < -0.3 is 106 Å². The Bertz CT molecular complexity index is 3300. The number of carbonyl (C=O) groups excluding carboxylic acids is 14. The van der Waals surface area contributed by atoms with E-state index in [0.29, 0.717) is 31.2 Å². The SMILES string of the molecule is CCC(C)C1NC(=O)[C@H](CO)NC(=O)[C@H](CCCCN)NC(=O)[C@H]([C@@H](C)O)NC(=O)[C@@H]2CSSC[C@H](NC(=O)[C@H]([C@@H](C)CC)NC(=O)[C@@H]3CCCN3C(=O)[C@@H]3CCCN3C1=O)C(=O)N[C@@H](Cc1ccccc1)C(=O)N1CCC[C@H]1C(=O)N[C@@H](CC(=O)O)C(=O)NCC(=O)NC(CCCN=C(N)N)C(=O)N2. The number of benzene rings is 1. The summed E-state index contributed by atoms with van der Waals surface area (Å²) in [4.78, 5) is 225. The largest absolute Gasteiger partial charge is 0.481 e. The summed E-state index contributed by atoms with van der Waals surface area (Å²) in [6, 6.07) is -11.5. The Hall–Kier alpha value is -8.88. The van der Waals surface area contributed by atoms with E-state index in [0.717, 1.165) is 28.5 Å². The Balaban J connectivity index is 1.50. The molecule has 105 heavy (non-hydrogen) atoms. The molecule has 16 atom stereocenters. The number of carboxylic acids is 1. The number of hydrogen-bond acceptors (Lipinski definition) is 21. The molecule has 14 amide bonds. The maximum Gasteiger partial charge on any atom is 0.305 e. The van der Waals surface area contributed by atoms with E-state index in [1.807, 2.05) is 0 Å². The normalized spacial score (nSPS) is 28.5. The van der Waals surface area contributed by atoms with E-state index in [9.17, 15) is 72.9 Å². The second kappa shape index (κ2) is 41.7. The monoisotopic (exact) mass is 1510 g/mol. The van der Waals surface area contributed by atoms with Crippen molar-refractivity contribution in [3.05, 3.63) is 35.9 Å². The van der Waals surface area contributed by atoms with Crippen LogP contribution in [0.5, 0.6) is 0 Å². The number of aliphatic hydroxyl groups is 2. The number of carbonyl (C=O) groups is 15. The van der Waals surface area contributed by atoms with Crippen molar-refractivity contribution >= 4 is 116 Å². The van der Waals surface area contributed by atoms with Crippen molar-refractivity contribution in [1.29, 1.82) is 0 Å². The van der Waals surface area contributed by atoms with Gasteiger partial charge in [-0.25, -0.2) is 0 Å². The van der Waals surface area contributed by atoms with Crippen LogP contribution in [0.1, 0.15) is 130 Å². The maximum absolute atomic E-state index is 15.3. The lowest BCUT2D eigenvalue weighted by Crippen LogP contribution is -2.62. The summed E-state index contributed by atoms with van der Waals surface area (Å²) < 4.78 is 0. The smallest absolute Gasteiger partial charge is 0.305 e. The third-order valence-corrected chi connectivity index (χ3v) is 21.7. The fourth-order valence-corrected chi connectivity index (χ4v) is 15.2. The van der Waals surface area contributed by atoms with E-state index in [1.54, 1.807) is 58.0 Å². The Kier molecular flexibility index (Phi) is 33.8. The van der Waals surface area contributed by atoms with Crippen LogP contribution in [0.15, 0.2) is 35.3 Å². The van der Waals surface area contributed by atoms with Crippen LogP contribution in [0.2, 0.25) is 0 Å². The minimum atomic E-state index is -1.94. The molecule has 0 saturated carbocycles. The van der Waals surface area contributed by atoms with Crippen molar-refractivity contribution < 1.29 is 87.2 Å². The molecule has 0 aromatic heterocycles. The van der Waals surface area contributed by atoms with Crippen molar-refractivity contribution in [3.8, 4) is 0 Å². The molecular weight excluding hydrogens is 1410 g/mol. The molecule has 1 aromatic carbocycles. The number of aliphatic hydroxyl groups excluding tert-OH is 2. The standard InChI is InChI=1S/C67H104N18O18S2/c1-6-35(3)51-62(99)79-44-33-104-105-34-45(78-55(92)39(20-13-25-71-67(69)70)73-49(88)31-72-54(91)41(30-50(89)90)75-60(97)46-21-14-26-83(46)64(101)42(76-58(44)95)29-38-17-9-8-10-18-38)59(96)82-53(37(5)87)63(100)74-40(19-11-12-24-68)56(93)77-43(32-86)57(94)81-52(36(4)7-2)66(103)85-28-16-23-48(85)65(102)84-27-15-22-47(84)61(98)80-51/h8-10,17-18,35-37,39-48,51-53,86-87H,6-7,11-16,19-34,68H2,1-5H3,(H,72,91)(H,73,88)(H,74,100)(H,75,97)(H,76,95)(H,77,93)(H,78,92)(H,79,99)(H,80,98)(H,81,94)(H,82,96)(H,89,90)(H4,69,70,71)/t35-,36?,37+,39?,40-,41-,42-,43-,44-,45-,46-,47-,48-,51-,52?,53-/m0/s1. The number of nitrogens with two attached hydrogens (primary N) is 3. The molecule has 582 valence electrons. The summed E-state index contributed by atoms with van der Waals surface area (Å²) >= 11 is 0.